The predicted molar refractivity (Wildman–Crippen MR) is 82.8 cm³/mol. The molecule has 0 aliphatic heterocycles. The number of carbonyl (C=O) groups excluding carboxylic acids is 2. The van der Waals surface area contributed by atoms with Crippen molar-refractivity contribution in [2.24, 2.45) is 0 Å². The van der Waals surface area contributed by atoms with E-state index in [4.69, 9.17) is 12.2 Å². The molecule has 2 aromatic rings. The first kappa shape index (κ1) is 18.3. The highest BCUT2D eigenvalue weighted by Gasteiger charge is 2.30. The lowest BCUT2D eigenvalue weighted by Crippen LogP contribution is -2.49. The Morgan fingerprint density at radius 1 is 1.16 bits per heavy atom. The third kappa shape index (κ3) is 5.53. The van der Waals surface area contributed by atoms with Gasteiger partial charge in [0.25, 0.3) is 11.8 Å². The number of hydrogen-bond acceptors (Lipinski definition) is 5. The molecule has 0 saturated carbocycles. The molecule has 0 atom stereocenters. The fourth-order valence-electron chi connectivity index (χ4n) is 1.64. The number of thiocarbonyl (C=S) groups is 1. The molecular weight excluding hydrogens is 361 g/mol. The summed E-state index contributed by atoms with van der Waals surface area (Å²) >= 11 is 4.81. The third-order valence-electron chi connectivity index (χ3n) is 2.79. The maximum Gasteiger partial charge on any atom is 0.416 e. The third-order valence-corrected chi connectivity index (χ3v) is 2.99. The van der Waals surface area contributed by atoms with Crippen molar-refractivity contribution < 1.29 is 22.8 Å². The molecule has 1 heterocycles. The summed E-state index contributed by atoms with van der Waals surface area (Å²) in [7, 11) is 0. The SMILES string of the molecule is O=C(Cn1cncn1)NNC(=S)NC(=O)c1ccc(C(F)(F)F)cc1. The van der Waals surface area contributed by atoms with Gasteiger partial charge in [0.05, 0.1) is 5.56 Å². The highest BCUT2D eigenvalue weighted by atomic mass is 32.1. The minimum atomic E-state index is -4.49. The van der Waals surface area contributed by atoms with Crippen LogP contribution in [0.25, 0.3) is 0 Å². The van der Waals surface area contributed by atoms with E-state index in [0.717, 1.165) is 24.3 Å². The number of amides is 2. The zero-order valence-electron chi connectivity index (χ0n) is 12.4. The molecule has 0 aliphatic rings. The zero-order chi connectivity index (χ0) is 18.4. The number of nitrogens with one attached hydrogen (secondary N) is 3. The number of nitrogens with zero attached hydrogens (tertiary/aromatic N) is 3. The first-order valence-corrected chi connectivity index (χ1v) is 7.06. The second kappa shape index (κ2) is 7.70. The predicted octanol–water partition coefficient (Wildman–Crippen LogP) is 0.633. The standard InChI is InChI=1S/C13H11F3N6O2S/c14-13(15,16)9-3-1-8(2-4-9)11(24)19-12(25)21-20-10(23)5-22-7-17-6-18-22/h1-4,6-7H,5H2,(H,20,23)(H2,19,21,24,25). The summed E-state index contributed by atoms with van der Waals surface area (Å²) in [5.41, 5.74) is 3.62. The molecule has 0 saturated heterocycles. The molecule has 0 fully saturated rings. The van der Waals surface area contributed by atoms with Gasteiger partial charge in [-0.05, 0) is 36.5 Å². The second-order valence-corrected chi connectivity index (χ2v) is 5.03. The molecule has 25 heavy (non-hydrogen) atoms. The van der Waals surface area contributed by atoms with Crippen LogP contribution < -0.4 is 16.2 Å². The lowest BCUT2D eigenvalue weighted by molar-refractivity contribution is -0.137. The van der Waals surface area contributed by atoms with E-state index in [2.05, 4.69) is 26.3 Å². The summed E-state index contributed by atoms with van der Waals surface area (Å²) in [6.07, 6.45) is -1.89. The van der Waals surface area contributed by atoms with Crippen molar-refractivity contribution in [1.82, 2.24) is 30.9 Å². The average molecular weight is 372 g/mol. The van der Waals surface area contributed by atoms with Gasteiger partial charge < -0.3 is 0 Å². The van der Waals surface area contributed by atoms with Crippen LogP contribution in [0, 0.1) is 0 Å². The highest BCUT2D eigenvalue weighted by Crippen LogP contribution is 2.28. The van der Waals surface area contributed by atoms with E-state index in [1.54, 1.807) is 0 Å². The van der Waals surface area contributed by atoms with Crippen molar-refractivity contribution in [2.45, 2.75) is 12.7 Å². The van der Waals surface area contributed by atoms with Crippen molar-refractivity contribution in [3.8, 4) is 0 Å². The lowest BCUT2D eigenvalue weighted by atomic mass is 10.1. The molecule has 0 radical (unpaired) electrons. The topological polar surface area (TPSA) is 101 Å². The molecule has 2 amide bonds. The van der Waals surface area contributed by atoms with Crippen LogP contribution in [0.5, 0.6) is 0 Å². The Balaban J connectivity index is 1.81. The number of benzene rings is 1. The Morgan fingerprint density at radius 3 is 2.40 bits per heavy atom. The van der Waals surface area contributed by atoms with Crippen LogP contribution in [0.4, 0.5) is 13.2 Å². The molecule has 3 N–H and O–H groups in total. The Morgan fingerprint density at radius 2 is 1.84 bits per heavy atom. The van der Waals surface area contributed by atoms with Crippen LogP contribution in [0.15, 0.2) is 36.9 Å². The van der Waals surface area contributed by atoms with E-state index >= 15 is 0 Å². The fourth-order valence-corrected chi connectivity index (χ4v) is 1.79. The molecule has 0 aliphatic carbocycles. The van der Waals surface area contributed by atoms with Gasteiger partial charge in [0.1, 0.15) is 19.2 Å². The van der Waals surface area contributed by atoms with Crippen molar-refractivity contribution in [3.05, 3.63) is 48.0 Å². The molecule has 0 unspecified atom stereocenters. The Bertz CT molecular complexity index is 761. The first-order chi connectivity index (χ1) is 11.8. The number of hydrazine groups is 1. The molecular formula is C13H11F3N6O2S. The van der Waals surface area contributed by atoms with Crippen LogP contribution in [-0.4, -0.2) is 31.7 Å². The molecule has 1 aromatic carbocycles. The van der Waals surface area contributed by atoms with Gasteiger partial charge in [-0.1, -0.05) is 0 Å². The van der Waals surface area contributed by atoms with E-state index in [1.807, 2.05) is 0 Å². The zero-order valence-corrected chi connectivity index (χ0v) is 13.2. The van der Waals surface area contributed by atoms with Gasteiger partial charge in [-0.15, -0.1) is 0 Å². The van der Waals surface area contributed by atoms with Crippen LogP contribution in [0.1, 0.15) is 15.9 Å². The van der Waals surface area contributed by atoms with Gasteiger partial charge in [-0.3, -0.25) is 25.8 Å². The van der Waals surface area contributed by atoms with Gasteiger partial charge in [0.2, 0.25) is 0 Å². The number of halogens is 3. The molecule has 12 heteroatoms. The van der Waals surface area contributed by atoms with Crippen LogP contribution >= 0.6 is 12.2 Å². The van der Waals surface area contributed by atoms with Gasteiger partial charge in [0.15, 0.2) is 5.11 Å². The van der Waals surface area contributed by atoms with Gasteiger partial charge in [-0.2, -0.15) is 18.3 Å². The Kier molecular flexibility index (Phi) is 5.64. The summed E-state index contributed by atoms with van der Waals surface area (Å²) in [6, 6.07) is 3.60. The van der Waals surface area contributed by atoms with Gasteiger partial charge in [-0.25, -0.2) is 9.67 Å². The second-order valence-electron chi connectivity index (χ2n) is 4.62. The van der Waals surface area contributed by atoms with Crippen LogP contribution in [0.3, 0.4) is 0 Å². The number of hydrogen-bond donors (Lipinski definition) is 3. The Hall–Kier alpha value is -3.02. The monoisotopic (exact) mass is 372 g/mol. The van der Waals surface area contributed by atoms with E-state index in [1.165, 1.54) is 17.3 Å². The summed E-state index contributed by atoms with van der Waals surface area (Å²) < 4.78 is 38.6. The van der Waals surface area contributed by atoms with Crippen molar-refractivity contribution >= 4 is 29.1 Å². The van der Waals surface area contributed by atoms with Gasteiger partial charge in [0, 0.05) is 5.56 Å². The van der Waals surface area contributed by atoms with Crippen molar-refractivity contribution in [3.63, 3.8) is 0 Å². The number of aromatic nitrogens is 3. The summed E-state index contributed by atoms with van der Waals surface area (Å²) in [6.45, 7) is -0.123. The van der Waals surface area contributed by atoms with Crippen LogP contribution in [0.2, 0.25) is 0 Å². The summed E-state index contributed by atoms with van der Waals surface area (Å²) in [4.78, 5) is 27.1. The molecule has 0 bridgehead atoms. The maximum atomic E-state index is 12.5. The van der Waals surface area contributed by atoms with E-state index < -0.39 is 23.6 Å². The van der Waals surface area contributed by atoms with E-state index in [-0.39, 0.29) is 17.2 Å². The average Bonchev–Trinajstić information content (AvgIpc) is 3.05. The highest BCUT2D eigenvalue weighted by molar-refractivity contribution is 7.80. The largest absolute Gasteiger partial charge is 0.416 e. The molecule has 132 valence electrons. The van der Waals surface area contributed by atoms with Gasteiger partial charge >= 0.3 is 6.18 Å². The quantitative estimate of drug-likeness (QED) is 0.540. The number of carbonyl (C=O) groups is 2. The minimum Gasteiger partial charge on any atom is -0.298 e. The molecule has 1 aromatic heterocycles. The number of alkyl halides is 3. The summed E-state index contributed by atoms with van der Waals surface area (Å²) in [5, 5.41) is 5.72. The normalized spacial score (nSPS) is 10.8. The summed E-state index contributed by atoms with van der Waals surface area (Å²) in [5.74, 6) is -1.23. The maximum absolute atomic E-state index is 12.5. The minimum absolute atomic E-state index is 0.0221. The van der Waals surface area contributed by atoms with E-state index in [9.17, 15) is 22.8 Å². The number of rotatable bonds is 3. The smallest absolute Gasteiger partial charge is 0.298 e. The van der Waals surface area contributed by atoms with E-state index in [0.29, 0.717) is 0 Å². The molecule has 8 nitrogen and oxygen atoms in total. The van der Waals surface area contributed by atoms with Crippen molar-refractivity contribution in [1.29, 1.82) is 0 Å². The molecule has 2 rings (SSSR count). The van der Waals surface area contributed by atoms with Crippen molar-refractivity contribution in [2.75, 3.05) is 0 Å². The Labute approximate surface area is 144 Å². The van der Waals surface area contributed by atoms with Crippen LogP contribution in [-0.2, 0) is 17.5 Å². The fraction of sp³-hybridized carbons (Fsp3) is 0.154. The first-order valence-electron chi connectivity index (χ1n) is 6.65. The molecule has 0 spiro atoms. The lowest BCUT2D eigenvalue weighted by Gasteiger charge is -2.11.